The molecule has 1 rings (SSSR count). The van der Waals surface area contributed by atoms with Crippen LogP contribution in [0.1, 0.15) is 1.43 Å². The zero-order valence-electron chi connectivity index (χ0n) is 8.21. The lowest BCUT2D eigenvalue weighted by Crippen LogP contribution is -2.06. The molecule has 15 heavy (non-hydrogen) atoms. The Morgan fingerprint density at radius 2 is 1.93 bits per heavy atom. The van der Waals surface area contributed by atoms with Crippen LogP contribution in [-0.4, -0.2) is 27.4 Å². The topological polar surface area (TPSA) is 84.9 Å². The molecule has 0 aliphatic rings. The highest BCUT2D eigenvalue weighted by atomic mass is 32.2. The number of hydrogen-bond donors (Lipinski definition) is 1. The second-order valence-corrected chi connectivity index (χ2v) is 4.91. The van der Waals surface area contributed by atoms with Crippen LogP contribution in [0.15, 0.2) is 39.1 Å². The fourth-order valence-corrected chi connectivity index (χ4v) is 1.57. The maximum atomic E-state index is 11.1. The van der Waals surface area contributed by atoms with Crippen molar-refractivity contribution in [2.45, 2.75) is 4.90 Å². The van der Waals surface area contributed by atoms with E-state index in [2.05, 4.69) is 16.7 Å². The summed E-state index contributed by atoms with van der Waals surface area (Å²) < 4.78 is 22.3. The van der Waals surface area contributed by atoms with Crippen LogP contribution in [0, 0.1) is 0 Å². The highest BCUT2D eigenvalue weighted by Gasteiger charge is 2.05. The fourth-order valence-electron chi connectivity index (χ4n) is 0.935. The lowest BCUT2D eigenvalue weighted by atomic mass is 10.3. The van der Waals surface area contributed by atoms with Gasteiger partial charge in [0.05, 0.1) is 10.6 Å². The first-order valence-corrected chi connectivity index (χ1v) is 5.93. The molecule has 0 bridgehead atoms. The maximum absolute atomic E-state index is 11.1. The first-order chi connectivity index (χ1) is 6.93. The second-order valence-electron chi connectivity index (χ2n) is 2.89. The lowest BCUT2D eigenvalue weighted by Gasteiger charge is -1.98. The number of hydrogen-bond acceptors (Lipinski definition) is 3. The minimum atomic E-state index is -3.17. The molecule has 1 aromatic carbocycles. The van der Waals surface area contributed by atoms with Crippen molar-refractivity contribution >= 4 is 28.2 Å². The van der Waals surface area contributed by atoms with Crippen molar-refractivity contribution in [3.05, 3.63) is 24.3 Å². The smallest absolute Gasteiger partial charge is 0.219 e. The molecule has 0 aliphatic carbocycles. The van der Waals surface area contributed by atoms with Gasteiger partial charge in [-0.2, -0.15) is 0 Å². The Morgan fingerprint density at radius 3 is 2.33 bits per heavy atom. The summed E-state index contributed by atoms with van der Waals surface area (Å²) >= 11 is 0. The molecule has 0 spiro atoms. The Balaban J connectivity index is 0.00000225. The number of rotatable bonds is 2. The van der Waals surface area contributed by atoms with Crippen LogP contribution in [0.25, 0.3) is 0 Å². The highest BCUT2D eigenvalue weighted by molar-refractivity contribution is 7.90. The molecular weight excluding hydrogens is 214 g/mol. The standard InChI is InChI=1S/C9H11N3O2S.H2/c1-11-9(10)12-7-3-5-8(6-4-7)15(2,13)14;/h3-6H,1H2,2H3,(H2,10,12);1H. The largest absolute Gasteiger partial charge is 0.368 e. The van der Waals surface area contributed by atoms with Crippen LogP contribution < -0.4 is 5.73 Å². The summed E-state index contributed by atoms with van der Waals surface area (Å²) in [7, 11) is -3.17. The molecule has 0 unspecified atom stereocenters. The van der Waals surface area contributed by atoms with Crippen molar-refractivity contribution in [2.75, 3.05) is 6.26 Å². The Morgan fingerprint density at radius 1 is 1.40 bits per heavy atom. The maximum Gasteiger partial charge on any atom is 0.219 e. The Hall–Kier alpha value is -1.69. The number of nitrogens with two attached hydrogens (primary N) is 1. The first kappa shape index (κ1) is 11.4. The van der Waals surface area contributed by atoms with Crippen molar-refractivity contribution in [1.29, 1.82) is 0 Å². The van der Waals surface area contributed by atoms with E-state index in [4.69, 9.17) is 5.73 Å². The van der Waals surface area contributed by atoms with Gasteiger partial charge in [-0.3, -0.25) is 0 Å². The Labute approximate surface area is 89.8 Å². The van der Waals surface area contributed by atoms with Gasteiger partial charge >= 0.3 is 0 Å². The molecule has 0 fully saturated rings. The summed E-state index contributed by atoms with van der Waals surface area (Å²) in [6.07, 6.45) is 1.14. The van der Waals surface area contributed by atoms with Gasteiger partial charge in [0, 0.05) is 7.68 Å². The van der Waals surface area contributed by atoms with Crippen LogP contribution in [0.5, 0.6) is 0 Å². The van der Waals surface area contributed by atoms with E-state index in [1.807, 2.05) is 0 Å². The summed E-state index contributed by atoms with van der Waals surface area (Å²) in [5, 5.41) is 0. The Bertz CT molecular complexity index is 494. The van der Waals surface area contributed by atoms with Gasteiger partial charge in [0.1, 0.15) is 0 Å². The van der Waals surface area contributed by atoms with Gasteiger partial charge in [-0.05, 0) is 31.0 Å². The summed E-state index contributed by atoms with van der Waals surface area (Å²) in [5.74, 6) is 0.0436. The van der Waals surface area contributed by atoms with Gasteiger partial charge in [0.15, 0.2) is 9.84 Å². The summed E-state index contributed by atoms with van der Waals surface area (Å²) in [6, 6.07) is 6.03. The minimum Gasteiger partial charge on any atom is -0.368 e. The normalized spacial score (nSPS) is 12.5. The molecule has 0 saturated carbocycles. The number of guanidine groups is 1. The van der Waals surface area contributed by atoms with E-state index >= 15 is 0 Å². The van der Waals surface area contributed by atoms with Crippen LogP contribution in [0.4, 0.5) is 5.69 Å². The van der Waals surface area contributed by atoms with Gasteiger partial charge in [-0.25, -0.2) is 18.4 Å². The third-order valence-corrected chi connectivity index (χ3v) is 2.80. The van der Waals surface area contributed by atoms with Crippen LogP contribution >= 0.6 is 0 Å². The van der Waals surface area contributed by atoms with E-state index in [1.54, 1.807) is 12.1 Å². The SMILES string of the molecule is C=NC(N)=Nc1ccc(S(C)(=O)=O)cc1.[HH]. The molecule has 5 nitrogen and oxygen atoms in total. The Kier molecular flexibility index (Phi) is 3.21. The molecule has 0 amide bonds. The summed E-state index contributed by atoms with van der Waals surface area (Å²) in [6.45, 7) is 3.21. The summed E-state index contributed by atoms with van der Waals surface area (Å²) in [4.78, 5) is 7.53. The van der Waals surface area contributed by atoms with E-state index < -0.39 is 9.84 Å². The van der Waals surface area contributed by atoms with Gasteiger partial charge in [-0.15, -0.1) is 0 Å². The van der Waals surface area contributed by atoms with Gasteiger partial charge in [0.2, 0.25) is 5.96 Å². The second kappa shape index (κ2) is 4.22. The van der Waals surface area contributed by atoms with E-state index in [9.17, 15) is 8.42 Å². The molecule has 0 radical (unpaired) electrons. The first-order valence-electron chi connectivity index (χ1n) is 4.04. The number of benzene rings is 1. The van der Waals surface area contributed by atoms with Crippen LogP contribution in [-0.2, 0) is 9.84 Å². The number of aliphatic imine (C=N–C) groups is 2. The molecule has 2 N–H and O–H groups in total. The fraction of sp³-hybridized carbons (Fsp3) is 0.111. The highest BCUT2D eigenvalue weighted by Crippen LogP contribution is 2.16. The van der Waals surface area contributed by atoms with Crippen molar-refractivity contribution in [3.8, 4) is 0 Å². The third kappa shape index (κ3) is 3.17. The molecule has 82 valence electrons. The molecule has 1 aromatic rings. The average Bonchev–Trinajstić information content (AvgIpc) is 2.17. The van der Waals surface area contributed by atoms with Gasteiger partial charge < -0.3 is 5.73 Å². The van der Waals surface area contributed by atoms with E-state index in [-0.39, 0.29) is 12.3 Å². The zero-order valence-corrected chi connectivity index (χ0v) is 9.03. The van der Waals surface area contributed by atoms with Crippen molar-refractivity contribution in [1.82, 2.24) is 0 Å². The van der Waals surface area contributed by atoms with Gasteiger partial charge in [0.25, 0.3) is 0 Å². The van der Waals surface area contributed by atoms with Crippen molar-refractivity contribution in [3.63, 3.8) is 0 Å². The third-order valence-electron chi connectivity index (χ3n) is 1.67. The van der Waals surface area contributed by atoms with Crippen molar-refractivity contribution in [2.24, 2.45) is 15.7 Å². The minimum absolute atomic E-state index is 0. The molecule has 0 aliphatic heterocycles. The zero-order chi connectivity index (χ0) is 11.5. The number of sulfone groups is 1. The predicted molar refractivity (Wildman–Crippen MR) is 62.5 cm³/mol. The molecular formula is C9H13N3O2S. The van der Waals surface area contributed by atoms with Crippen LogP contribution in [0.3, 0.4) is 0 Å². The predicted octanol–water partition coefficient (Wildman–Crippen LogP) is 0.983. The van der Waals surface area contributed by atoms with E-state index in [0.717, 1.165) is 6.26 Å². The summed E-state index contributed by atoms with van der Waals surface area (Å²) in [5.41, 5.74) is 5.87. The van der Waals surface area contributed by atoms with Crippen LogP contribution in [0.2, 0.25) is 0 Å². The van der Waals surface area contributed by atoms with E-state index in [0.29, 0.717) is 5.69 Å². The van der Waals surface area contributed by atoms with Gasteiger partial charge in [-0.1, -0.05) is 0 Å². The quantitative estimate of drug-likeness (QED) is 0.603. The monoisotopic (exact) mass is 227 g/mol. The molecule has 0 aromatic heterocycles. The molecule has 0 heterocycles. The lowest BCUT2D eigenvalue weighted by molar-refractivity contribution is 0.602. The van der Waals surface area contributed by atoms with E-state index in [1.165, 1.54) is 12.1 Å². The molecule has 0 saturated heterocycles. The average molecular weight is 227 g/mol. The number of nitrogens with zero attached hydrogens (tertiary/aromatic N) is 2. The molecule has 0 atom stereocenters. The molecule has 6 heteroatoms. The van der Waals surface area contributed by atoms with Crippen molar-refractivity contribution < 1.29 is 9.84 Å².